The van der Waals surface area contributed by atoms with Gasteiger partial charge in [0.05, 0.1) is 7.11 Å². The lowest BCUT2D eigenvalue weighted by Crippen LogP contribution is -1.91. The summed E-state index contributed by atoms with van der Waals surface area (Å²) in [7, 11) is 1.58. The topological polar surface area (TPSA) is 49.7 Å². The molecule has 0 aromatic heterocycles. The van der Waals surface area contributed by atoms with E-state index in [4.69, 9.17) is 9.84 Å². The van der Waals surface area contributed by atoms with Crippen LogP contribution in [0.4, 0.5) is 0 Å². The largest absolute Gasteiger partial charge is 0.508 e. The second kappa shape index (κ2) is 8.03. The van der Waals surface area contributed by atoms with Crippen molar-refractivity contribution in [1.82, 2.24) is 0 Å². The third-order valence-corrected chi connectivity index (χ3v) is 2.56. The lowest BCUT2D eigenvalue weighted by molar-refractivity contribution is 0.369. The minimum absolute atomic E-state index is 0.225. The highest BCUT2D eigenvalue weighted by molar-refractivity contribution is 5.45. The van der Waals surface area contributed by atoms with E-state index in [2.05, 4.69) is 6.92 Å². The molecular weight excluding hydrogens is 240 g/mol. The van der Waals surface area contributed by atoms with Gasteiger partial charge in [0.1, 0.15) is 5.75 Å². The Morgan fingerprint density at radius 2 is 1.63 bits per heavy atom. The molecular formula is C16H20O3. The normalized spacial score (nSPS) is 9.37. The lowest BCUT2D eigenvalue weighted by Gasteiger charge is -2.08. The molecule has 0 saturated carbocycles. The number of rotatable bonds is 3. The van der Waals surface area contributed by atoms with Crippen LogP contribution in [0.25, 0.3) is 0 Å². The zero-order valence-corrected chi connectivity index (χ0v) is 11.3. The Kier molecular flexibility index (Phi) is 6.30. The Bertz CT molecular complexity index is 481. The van der Waals surface area contributed by atoms with Gasteiger partial charge in [0.25, 0.3) is 0 Å². The third kappa shape index (κ3) is 4.92. The van der Waals surface area contributed by atoms with Crippen LogP contribution >= 0.6 is 0 Å². The van der Waals surface area contributed by atoms with Crippen LogP contribution < -0.4 is 4.74 Å². The summed E-state index contributed by atoms with van der Waals surface area (Å²) >= 11 is 0. The van der Waals surface area contributed by atoms with Crippen molar-refractivity contribution < 1.29 is 14.9 Å². The maximum Gasteiger partial charge on any atom is 0.163 e. The molecule has 2 N–H and O–H groups in total. The van der Waals surface area contributed by atoms with Crippen LogP contribution in [0.15, 0.2) is 48.5 Å². The van der Waals surface area contributed by atoms with E-state index < -0.39 is 0 Å². The minimum atomic E-state index is 0.225. The zero-order chi connectivity index (χ0) is 14.1. The Balaban J connectivity index is 0.000000218. The molecule has 0 amide bonds. The summed E-state index contributed by atoms with van der Waals surface area (Å²) in [6, 6.07) is 14.2. The lowest BCUT2D eigenvalue weighted by atomic mass is 10.1. The number of benzene rings is 2. The van der Waals surface area contributed by atoms with Crippen LogP contribution in [0.5, 0.6) is 17.2 Å². The van der Waals surface area contributed by atoms with Crippen molar-refractivity contribution in [3.05, 3.63) is 54.1 Å². The van der Waals surface area contributed by atoms with Gasteiger partial charge in [-0.2, -0.15) is 0 Å². The van der Waals surface area contributed by atoms with Gasteiger partial charge in [-0.05, 0) is 30.2 Å². The highest BCUT2D eigenvalue weighted by Gasteiger charge is 2.05. The molecule has 0 aliphatic carbocycles. The Morgan fingerprint density at radius 3 is 2.11 bits per heavy atom. The number of phenolic OH excluding ortho intramolecular Hbond substituents is 2. The Hall–Kier alpha value is -2.16. The second-order valence-corrected chi connectivity index (χ2v) is 4.06. The molecule has 102 valence electrons. The number of ether oxygens (including phenoxy) is 1. The van der Waals surface area contributed by atoms with Gasteiger partial charge >= 0.3 is 0 Å². The van der Waals surface area contributed by atoms with Gasteiger partial charge < -0.3 is 14.9 Å². The number of hydrogen-bond donors (Lipinski definition) is 2. The predicted molar refractivity (Wildman–Crippen MR) is 76.8 cm³/mol. The third-order valence-electron chi connectivity index (χ3n) is 2.56. The number of para-hydroxylation sites is 2. The summed E-state index contributed by atoms with van der Waals surface area (Å²) in [6.07, 6.45) is 2.00. The van der Waals surface area contributed by atoms with Crippen molar-refractivity contribution in [2.45, 2.75) is 19.8 Å². The maximum atomic E-state index is 9.39. The number of methoxy groups -OCH3 is 1. The van der Waals surface area contributed by atoms with Crippen LogP contribution in [0, 0.1) is 0 Å². The highest BCUT2D eigenvalue weighted by Crippen LogP contribution is 2.30. The van der Waals surface area contributed by atoms with Crippen LogP contribution in [-0.2, 0) is 6.42 Å². The molecule has 0 radical (unpaired) electrons. The molecule has 0 spiro atoms. The molecule has 0 fully saturated rings. The molecule has 19 heavy (non-hydrogen) atoms. The first-order valence-electron chi connectivity index (χ1n) is 6.27. The van der Waals surface area contributed by atoms with Crippen LogP contribution in [0.3, 0.4) is 0 Å². The van der Waals surface area contributed by atoms with E-state index in [0.717, 1.165) is 18.4 Å². The summed E-state index contributed by atoms with van der Waals surface area (Å²) in [5.41, 5.74) is 1.07. The molecule has 0 aliphatic heterocycles. The molecule has 0 unspecified atom stereocenters. The molecule has 0 aliphatic rings. The van der Waals surface area contributed by atoms with Gasteiger partial charge in [-0.3, -0.25) is 0 Å². The fourth-order valence-corrected chi connectivity index (χ4v) is 1.70. The van der Waals surface area contributed by atoms with E-state index in [1.165, 1.54) is 0 Å². The Morgan fingerprint density at radius 1 is 0.947 bits per heavy atom. The van der Waals surface area contributed by atoms with Crippen molar-refractivity contribution >= 4 is 0 Å². The van der Waals surface area contributed by atoms with Crippen LogP contribution in [-0.4, -0.2) is 17.3 Å². The zero-order valence-electron chi connectivity index (χ0n) is 11.3. The fourth-order valence-electron chi connectivity index (χ4n) is 1.70. The van der Waals surface area contributed by atoms with Gasteiger partial charge in [-0.1, -0.05) is 43.7 Å². The number of phenols is 2. The Labute approximate surface area is 114 Å². The molecule has 2 rings (SSSR count). The summed E-state index contributed by atoms with van der Waals surface area (Å²) in [4.78, 5) is 0. The minimum Gasteiger partial charge on any atom is -0.508 e. The van der Waals surface area contributed by atoms with E-state index in [1.807, 2.05) is 18.2 Å². The average Bonchev–Trinajstić information content (AvgIpc) is 2.41. The number of hydrogen-bond acceptors (Lipinski definition) is 3. The van der Waals surface area contributed by atoms with Gasteiger partial charge in [-0.25, -0.2) is 0 Å². The highest BCUT2D eigenvalue weighted by atomic mass is 16.5. The maximum absolute atomic E-state index is 9.39. The van der Waals surface area contributed by atoms with Crippen LogP contribution in [0.1, 0.15) is 18.9 Å². The molecule has 2 aromatic rings. The summed E-state index contributed by atoms with van der Waals surface area (Å²) in [5, 5.41) is 18.0. The van der Waals surface area contributed by atoms with Gasteiger partial charge in [0.2, 0.25) is 0 Å². The predicted octanol–water partition coefficient (Wildman–Crippen LogP) is 3.75. The molecule has 0 atom stereocenters. The van der Waals surface area contributed by atoms with Crippen LogP contribution in [0.2, 0.25) is 0 Å². The molecule has 3 heteroatoms. The first-order chi connectivity index (χ1) is 9.19. The van der Waals surface area contributed by atoms with E-state index in [9.17, 15) is 5.11 Å². The molecule has 2 aromatic carbocycles. The fraction of sp³-hybridized carbons (Fsp3) is 0.250. The van der Waals surface area contributed by atoms with Crippen molar-refractivity contribution in [2.24, 2.45) is 0 Å². The number of aryl methyl sites for hydroxylation is 1. The second-order valence-electron chi connectivity index (χ2n) is 4.06. The molecule has 0 bridgehead atoms. The van der Waals surface area contributed by atoms with Crippen molar-refractivity contribution in [1.29, 1.82) is 0 Å². The molecule has 3 nitrogen and oxygen atoms in total. The van der Waals surface area contributed by atoms with Gasteiger partial charge in [-0.15, -0.1) is 0 Å². The van der Waals surface area contributed by atoms with Crippen molar-refractivity contribution in [2.75, 3.05) is 7.11 Å². The summed E-state index contributed by atoms with van der Waals surface area (Å²) in [5.74, 6) is 1.16. The standard InChI is InChI=1S/C10H14O2.C6H6O/c1-3-5-8-6-4-7-9(11)10(8)12-2;7-6-4-2-1-3-5-6/h4,6-7,11H,3,5H2,1-2H3;1-5,7H. The average molecular weight is 260 g/mol. The van der Waals surface area contributed by atoms with E-state index in [1.54, 1.807) is 37.4 Å². The smallest absolute Gasteiger partial charge is 0.163 e. The molecule has 0 heterocycles. The first-order valence-corrected chi connectivity index (χ1v) is 6.27. The summed E-state index contributed by atoms with van der Waals surface area (Å²) < 4.78 is 5.08. The van der Waals surface area contributed by atoms with E-state index >= 15 is 0 Å². The first kappa shape index (κ1) is 14.9. The number of aromatic hydroxyl groups is 2. The van der Waals surface area contributed by atoms with Gasteiger partial charge in [0.15, 0.2) is 11.5 Å². The SMILES string of the molecule is CCCc1cccc(O)c1OC.Oc1ccccc1. The quantitative estimate of drug-likeness (QED) is 0.883. The van der Waals surface area contributed by atoms with E-state index in [-0.39, 0.29) is 5.75 Å². The summed E-state index contributed by atoms with van der Waals surface area (Å²) in [6.45, 7) is 2.10. The molecule has 0 saturated heterocycles. The van der Waals surface area contributed by atoms with Crippen molar-refractivity contribution in [3.8, 4) is 17.2 Å². The van der Waals surface area contributed by atoms with Crippen molar-refractivity contribution in [3.63, 3.8) is 0 Å². The monoisotopic (exact) mass is 260 g/mol. The van der Waals surface area contributed by atoms with E-state index in [0.29, 0.717) is 11.5 Å². The van der Waals surface area contributed by atoms with Gasteiger partial charge in [0, 0.05) is 0 Å².